The van der Waals surface area contributed by atoms with Gasteiger partial charge in [0.25, 0.3) is 5.89 Å². The first kappa shape index (κ1) is 12.2. The van der Waals surface area contributed by atoms with E-state index in [1.54, 1.807) is 12.1 Å². The maximum Gasteiger partial charge on any atom is 0.259 e. The van der Waals surface area contributed by atoms with Crippen LogP contribution in [-0.2, 0) is 0 Å². The molecule has 0 bridgehead atoms. The second-order valence-corrected chi connectivity index (χ2v) is 4.05. The van der Waals surface area contributed by atoms with Crippen LogP contribution in [0.5, 0.6) is 0 Å². The average molecular weight is 274 g/mol. The summed E-state index contributed by atoms with van der Waals surface area (Å²) >= 11 is 0. The van der Waals surface area contributed by atoms with Crippen LogP contribution in [0.15, 0.2) is 41.1 Å². The number of hydrogen-bond donors (Lipinski definition) is 1. The van der Waals surface area contributed by atoms with Gasteiger partial charge in [0.15, 0.2) is 0 Å². The Hall–Kier alpha value is -2.83. The molecule has 3 aromatic rings. The first-order valence-electron chi connectivity index (χ1n) is 5.64. The lowest BCUT2D eigenvalue weighted by molar-refractivity contribution is 0.432. The van der Waals surface area contributed by atoms with E-state index in [1.165, 1.54) is 6.20 Å². The third kappa shape index (κ3) is 2.33. The quantitative estimate of drug-likeness (QED) is 0.777. The van der Waals surface area contributed by atoms with Gasteiger partial charge < -0.3 is 10.3 Å². The molecule has 0 atom stereocenters. The van der Waals surface area contributed by atoms with E-state index >= 15 is 0 Å². The summed E-state index contributed by atoms with van der Waals surface area (Å²) in [4.78, 5) is 7.97. The fraction of sp³-hybridized carbons (Fsp3) is 0. The van der Waals surface area contributed by atoms with Crippen molar-refractivity contribution in [1.82, 2.24) is 15.1 Å². The molecular weight excluding hydrogens is 266 g/mol. The summed E-state index contributed by atoms with van der Waals surface area (Å²) in [6, 6.07) is 6.26. The van der Waals surface area contributed by atoms with Crippen LogP contribution in [0.25, 0.3) is 22.8 Å². The van der Waals surface area contributed by atoms with Gasteiger partial charge in [0, 0.05) is 17.8 Å². The molecule has 100 valence electrons. The van der Waals surface area contributed by atoms with E-state index < -0.39 is 11.6 Å². The zero-order valence-corrected chi connectivity index (χ0v) is 10.0. The van der Waals surface area contributed by atoms with Crippen molar-refractivity contribution in [3.63, 3.8) is 0 Å². The van der Waals surface area contributed by atoms with Gasteiger partial charge >= 0.3 is 0 Å². The summed E-state index contributed by atoms with van der Waals surface area (Å²) in [6.07, 6.45) is 1.47. The van der Waals surface area contributed by atoms with Crippen LogP contribution >= 0.6 is 0 Å². The van der Waals surface area contributed by atoms with Gasteiger partial charge in [-0.25, -0.2) is 13.8 Å². The van der Waals surface area contributed by atoms with E-state index in [-0.39, 0.29) is 17.3 Å². The summed E-state index contributed by atoms with van der Waals surface area (Å²) in [7, 11) is 0. The number of pyridine rings is 1. The Morgan fingerprint density at radius 1 is 1.00 bits per heavy atom. The van der Waals surface area contributed by atoms with Gasteiger partial charge in [-0.15, -0.1) is 0 Å². The fourth-order valence-electron chi connectivity index (χ4n) is 1.67. The largest absolute Gasteiger partial charge is 0.384 e. The number of nitrogens with zero attached hydrogens (tertiary/aromatic N) is 3. The average Bonchev–Trinajstić information content (AvgIpc) is 2.88. The summed E-state index contributed by atoms with van der Waals surface area (Å²) < 4.78 is 31.3. The smallest absolute Gasteiger partial charge is 0.259 e. The molecule has 0 saturated carbocycles. The molecule has 2 N–H and O–H groups in total. The highest BCUT2D eigenvalue weighted by molar-refractivity contribution is 5.59. The molecule has 0 spiro atoms. The molecule has 0 unspecified atom stereocenters. The monoisotopic (exact) mass is 274 g/mol. The van der Waals surface area contributed by atoms with Crippen LogP contribution in [0.4, 0.5) is 14.6 Å². The van der Waals surface area contributed by atoms with E-state index in [1.807, 2.05) is 0 Å². The second-order valence-electron chi connectivity index (χ2n) is 4.05. The molecule has 1 aromatic carbocycles. The summed E-state index contributed by atoms with van der Waals surface area (Å²) in [6.45, 7) is 0. The standard InChI is InChI=1S/C13H8F2N4O/c14-9-3-8(4-10(15)5-9)12-18-13(20-19-12)7-1-2-11(16)17-6-7/h1-6H,(H2,16,17). The van der Waals surface area contributed by atoms with Gasteiger partial charge in [-0.05, 0) is 24.3 Å². The Morgan fingerprint density at radius 2 is 1.75 bits per heavy atom. The van der Waals surface area contributed by atoms with Crippen LogP contribution in [0, 0.1) is 11.6 Å². The Labute approximate surface area is 112 Å². The predicted octanol–water partition coefficient (Wildman–Crippen LogP) is 2.66. The van der Waals surface area contributed by atoms with E-state index in [9.17, 15) is 8.78 Å². The Balaban J connectivity index is 1.99. The topological polar surface area (TPSA) is 77.8 Å². The van der Waals surface area contributed by atoms with Crippen molar-refractivity contribution in [2.45, 2.75) is 0 Å². The van der Waals surface area contributed by atoms with Crippen LogP contribution in [0.3, 0.4) is 0 Å². The highest BCUT2D eigenvalue weighted by Crippen LogP contribution is 2.23. The van der Waals surface area contributed by atoms with Crippen molar-refractivity contribution in [3.8, 4) is 22.8 Å². The third-order valence-electron chi connectivity index (χ3n) is 2.58. The van der Waals surface area contributed by atoms with E-state index in [0.29, 0.717) is 11.4 Å². The van der Waals surface area contributed by atoms with Crippen LogP contribution in [0.2, 0.25) is 0 Å². The number of nitrogens with two attached hydrogens (primary N) is 1. The molecule has 0 radical (unpaired) electrons. The summed E-state index contributed by atoms with van der Waals surface area (Å²) in [5.41, 5.74) is 6.23. The first-order valence-corrected chi connectivity index (χ1v) is 5.64. The number of halogens is 2. The molecule has 3 rings (SSSR count). The Bertz CT molecular complexity index is 735. The number of hydrogen-bond acceptors (Lipinski definition) is 5. The molecule has 20 heavy (non-hydrogen) atoms. The molecule has 0 saturated heterocycles. The van der Waals surface area contributed by atoms with Crippen molar-refractivity contribution >= 4 is 5.82 Å². The highest BCUT2D eigenvalue weighted by Gasteiger charge is 2.12. The van der Waals surface area contributed by atoms with Crippen molar-refractivity contribution in [2.24, 2.45) is 0 Å². The molecule has 0 amide bonds. The molecule has 0 aliphatic heterocycles. The Kier molecular flexibility index (Phi) is 2.86. The molecule has 2 aromatic heterocycles. The van der Waals surface area contributed by atoms with Gasteiger partial charge in [0.05, 0.1) is 5.56 Å². The van der Waals surface area contributed by atoms with Crippen molar-refractivity contribution < 1.29 is 13.3 Å². The van der Waals surface area contributed by atoms with Crippen LogP contribution in [-0.4, -0.2) is 15.1 Å². The lowest BCUT2D eigenvalue weighted by Gasteiger charge is -1.95. The zero-order chi connectivity index (χ0) is 14.1. The Morgan fingerprint density at radius 3 is 2.40 bits per heavy atom. The van der Waals surface area contributed by atoms with Gasteiger partial charge in [-0.1, -0.05) is 5.16 Å². The minimum Gasteiger partial charge on any atom is -0.384 e. The molecule has 0 fully saturated rings. The number of anilines is 1. The molecular formula is C13H8F2N4O. The number of aromatic nitrogens is 3. The lowest BCUT2D eigenvalue weighted by Crippen LogP contribution is -1.89. The first-order chi connectivity index (χ1) is 9.61. The van der Waals surface area contributed by atoms with Gasteiger partial charge in [-0.3, -0.25) is 0 Å². The number of rotatable bonds is 2. The van der Waals surface area contributed by atoms with E-state index in [0.717, 1.165) is 18.2 Å². The molecule has 2 heterocycles. The maximum atomic E-state index is 13.1. The number of nitrogen functional groups attached to an aromatic ring is 1. The number of benzene rings is 1. The summed E-state index contributed by atoms with van der Waals surface area (Å²) in [5, 5.41) is 3.69. The SMILES string of the molecule is Nc1ccc(-c2nc(-c3cc(F)cc(F)c3)no2)cn1. The van der Waals surface area contributed by atoms with Crippen LogP contribution in [0.1, 0.15) is 0 Å². The molecule has 7 heteroatoms. The zero-order valence-electron chi connectivity index (χ0n) is 10.0. The molecule has 0 aliphatic carbocycles. The van der Waals surface area contributed by atoms with E-state index in [2.05, 4.69) is 15.1 Å². The molecule has 0 aliphatic rings. The highest BCUT2D eigenvalue weighted by atomic mass is 19.1. The predicted molar refractivity (Wildman–Crippen MR) is 67.3 cm³/mol. The van der Waals surface area contributed by atoms with Crippen molar-refractivity contribution in [3.05, 3.63) is 48.2 Å². The minimum atomic E-state index is -0.708. The fourth-order valence-corrected chi connectivity index (χ4v) is 1.67. The molecule has 5 nitrogen and oxygen atoms in total. The van der Waals surface area contributed by atoms with Gasteiger partial charge in [0.1, 0.15) is 17.5 Å². The van der Waals surface area contributed by atoms with Crippen molar-refractivity contribution in [2.75, 3.05) is 5.73 Å². The van der Waals surface area contributed by atoms with Crippen molar-refractivity contribution in [1.29, 1.82) is 0 Å². The van der Waals surface area contributed by atoms with E-state index in [4.69, 9.17) is 10.3 Å². The maximum absolute atomic E-state index is 13.1. The van der Waals surface area contributed by atoms with Crippen LogP contribution < -0.4 is 5.73 Å². The third-order valence-corrected chi connectivity index (χ3v) is 2.58. The van der Waals surface area contributed by atoms with Gasteiger partial charge in [0.2, 0.25) is 5.82 Å². The van der Waals surface area contributed by atoms with Gasteiger partial charge in [-0.2, -0.15) is 4.98 Å². The summed E-state index contributed by atoms with van der Waals surface area (Å²) in [5.74, 6) is -0.769. The lowest BCUT2D eigenvalue weighted by atomic mass is 10.2. The normalized spacial score (nSPS) is 10.7. The minimum absolute atomic E-state index is 0.0928. The second kappa shape index (κ2) is 4.69.